The highest BCUT2D eigenvalue weighted by Crippen LogP contribution is 2.29. The Morgan fingerprint density at radius 2 is 2.05 bits per heavy atom. The van der Waals surface area contributed by atoms with Crippen molar-refractivity contribution in [3.05, 3.63) is 29.8 Å². The van der Waals surface area contributed by atoms with Crippen molar-refractivity contribution in [1.29, 1.82) is 0 Å². The minimum atomic E-state index is -0.0184. The van der Waals surface area contributed by atoms with Crippen LogP contribution in [0.3, 0.4) is 0 Å². The molecule has 1 N–H and O–H groups in total. The van der Waals surface area contributed by atoms with Crippen LogP contribution in [0.2, 0.25) is 0 Å². The predicted octanol–water partition coefficient (Wildman–Crippen LogP) is 2.13. The SMILES string of the molecule is COc1ccc(CNCCCOC(=O)C2CC2)cc1. The second-order valence-electron chi connectivity index (χ2n) is 4.82. The van der Waals surface area contributed by atoms with E-state index in [9.17, 15) is 4.79 Å². The Hall–Kier alpha value is -1.55. The number of carbonyl (C=O) groups is 1. The number of rotatable bonds is 8. The van der Waals surface area contributed by atoms with Crippen LogP contribution >= 0.6 is 0 Å². The largest absolute Gasteiger partial charge is 0.497 e. The second kappa shape index (κ2) is 7.14. The molecular formula is C15H21NO3. The third kappa shape index (κ3) is 4.91. The van der Waals surface area contributed by atoms with E-state index >= 15 is 0 Å². The van der Waals surface area contributed by atoms with Gasteiger partial charge >= 0.3 is 5.97 Å². The van der Waals surface area contributed by atoms with Crippen molar-refractivity contribution in [2.45, 2.75) is 25.8 Å². The Balaban J connectivity index is 1.52. The third-order valence-corrected chi connectivity index (χ3v) is 3.14. The van der Waals surface area contributed by atoms with Crippen molar-refractivity contribution in [1.82, 2.24) is 5.32 Å². The summed E-state index contributed by atoms with van der Waals surface area (Å²) in [6.07, 6.45) is 2.87. The molecule has 0 heterocycles. The molecule has 0 aromatic heterocycles. The van der Waals surface area contributed by atoms with Crippen LogP contribution in [0.15, 0.2) is 24.3 Å². The van der Waals surface area contributed by atoms with Gasteiger partial charge in [-0.25, -0.2) is 0 Å². The number of hydrogen-bond donors (Lipinski definition) is 1. The van der Waals surface area contributed by atoms with Crippen LogP contribution in [0.4, 0.5) is 0 Å². The first-order chi connectivity index (χ1) is 9.29. The van der Waals surface area contributed by atoms with Gasteiger partial charge in [-0.05, 0) is 43.5 Å². The molecule has 2 rings (SSSR count). The number of esters is 1. The van der Waals surface area contributed by atoms with Crippen molar-refractivity contribution in [2.24, 2.45) is 5.92 Å². The van der Waals surface area contributed by atoms with Gasteiger partial charge in [0.1, 0.15) is 5.75 Å². The van der Waals surface area contributed by atoms with E-state index in [1.54, 1.807) is 7.11 Å². The summed E-state index contributed by atoms with van der Waals surface area (Å²) < 4.78 is 10.3. The van der Waals surface area contributed by atoms with Gasteiger partial charge in [-0.15, -0.1) is 0 Å². The monoisotopic (exact) mass is 263 g/mol. The van der Waals surface area contributed by atoms with Crippen molar-refractivity contribution in [3.8, 4) is 5.75 Å². The molecule has 0 spiro atoms. The first-order valence-corrected chi connectivity index (χ1v) is 6.80. The lowest BCUT2D eigenvalue weighted by molar-refractivity contribution is -0.145. The molecule has 0 amide bonds. The van der Waals surface area contributed by atoms with E-state index in [0.717, 1.165) is 38.1 Å². The fourth-order valence-corrected chi connectivity index (χ4v) is 1.78. The van der Waals surface area contributed by atoms with E-state index < -0.39 is 0 Å². The molecule has 0 saturated heterocycles. The number of methoxy groups -OCH3 is 1. The molecular weight excluding hydrogens is 242 g/mol. The Bertz CT molecular complexity index is 398. The maximum atomic E-state index is 11.3. The van der Waals surface area contributed by atoms with Gasteiger partial charge in [-0.3, -0.25) is 4.79 Å². The lowest BCUT2D eigenvalue weighted by atomic mass is 10.2. The Morgan fingerprint density at radius 1 is 1.32 bits per heavy atom. The molecule has 1 aliphatic carbocycles. The Morgan fingerprint density at radius 3 is 2.68 bits per heavy atom. The van der Waals surface area contributed by atoms with Crippen LogP contribution in [0, 0.1) is 5.92 Å². The summed E-state index contributed by atoms with van der Waals surface area (Å²) >= 11 is 0. The van der Waals surface area contributed by atoms with E-state index in [1.165, 1.54) is 5.56 Å². The standard InChI is InChI=1S/C15H21NO3/c1-18-14-7-3-12(4-8-14)11-16-9-2-10-19-15(17)13-5-6-13/h3-4,7-8,13,16H,2,5-6,9-11H2,1H3. The lowest BCUT2D eigenvalue weighted by Crippen LogP contribution is -2.17. The highest BCUT2D eigenvalue weighted by Gasteiger charge is 2.30. The van der Waals surface area contributed by atoms with Gasteiger partial charge in [0.2, 0.25) is 0 Å². The molecule has 0 bridgehead atoms. The van der Waals surface area contributed by atoms with Crippen LogP contribution in [0.5, 0.6) is 5.75 Å². The van der Waals surface area contributed by atoms with Crippen LogP contribution in [0.25, 0.3) is 0 Å². The van der Waals surface area contributed by atoms with Gasteiger partial charge in [-0.2, -0.15) is 0 Å². The summed E-state index contributed by atoms with van der Waals surface area (Å²) in [4.78, 5) is 11.3. The number of hydrogen-bond acceptors (Lipinski definition) is 4. The van der Waals surface area contributed by atoms with E-state index in [0.29, 0.717) is 6.61 Å². The first kappa shape index (κ1) is 13.9. The Kier molecular flexibility index (Phi) is 5.21. The summed E-state index contributed by atoms with van der Waals surface area (Å²) in [5, 5.41) is 3.33. The summed E-state index contributed by atoms with van der Waals surface area (Å²) in [5.41, 5.74) is 1.22. The molecule has 4 heteroatoms. The summed E-state index contributed by atoms with van der Waals surface area (Å²) in [7, 11) is 1.66. The second-order valence-corrected chi connectivity index (χ2v) is 4.82. The number of benzene rings is 1. The smallest absolute Gasteiger partial charge is 0.308 e. The van der Waals surface area contributed by atoms with Gasteiger partial charge in [0.25, 0.3) is 0 Å². The number of ether oxygens (including phenoxy) is 2. The van der Waals surface area contributed by atoms with Crippen molar-refractivity contribution < 1.29 is 14.3 Å². The average molecular weight is 263 g/mol. The van der Waals surface area contributed by atoms with Crippen molar-refractivity contribution in [3.63, 3.8) is 0 Å². The van der Waals surface area contributed by atoms with Crippen molar-refractivity contribution >= 4 is 5.97 Å². The summed E-state index contributed by atoms with van der Waals surface area (Å²) in [5.74, 6) is 1.05. The maximum absolute atomic E-state index is 11.3. The Labute approximate surface area is 114 Å². The van der Waals surface area contributed by atoms with Crippen LogP contribution < -0.4 is 10.1 Å². The van der Waals surface area contributed by atoms with E-state index in [-0.39, 0.29) is 11.9 Å². The molecule has 0 aliphatic heterocycles. The van der Waals surface area contributed by atoms with Gasteiger partial charge in [0, 0.05) is 6.54 Å². The maximum Gasteiger partial charge on any atom is 0.308 e. The van der Waals surface area contributed by atoms with E-state index in [2.05, 4.69) is 5.32 Å². The van der Waals surface area contributed by atoms with Crippen LogP contribution in [-0.2, 0) is 16.1 Å². The first-order valence-electron chi connectivity index (χ1n) is 6.80. The summed E-state index contributed by atoms with van der Waals surface area (Å²) in [6, 6.07) is 7.99. The molecule has 0 unspecified atom stereocenters. The minimum absolute atomic E-state index is 0.0184. The normalized spacial score (nSPS) is 14.2. The predicted molar refractivity (Wildman–Crippen MR) is 73.0 cm³/mol. The molecule has 0 radical (unpaired) electrons. The van der Waals surface area contributed by atoms with Crippen LogP contribution in [-0.4, -0.2) is 26.2 Å². The third-order valence-electron chi connectivity index (χ3n) is 3.14. The fraction of sp³-hybridized carbons (Fsp3) is 0.533. The van der Waals surface area contributed by atoms with Gasteiger partial charge < -0.3 is 14.8 Å². The number of carbonyl (C=O) groups excluding carboxylic acids is 1. The number of nitrogens with one attached hydrogen (secondary N) is 1. The zero-order chi connectivity index (χ0) is 13.5. The summed E-state index contributed by atoms with van der Waals surface area (Å²) in [6.45, 7) is 2.19. The average Bonchev–Trinajstić information content (AvgIpc) is 3.27. The van der Waals surface area contributed by atoms with Crippen molar-refractivity contribution in [2.75, 3.05) is 20.3 Å². The van der Waals surface area contributed by atoms with Crippen LogP contribution in [0.1, 0.15) is 24.8 Å². The zero-order valence-corrected chi connectivity index (χ0v) is 11.4. The zero-order valence-electron chi connectivity index (χ0n) is 11.4. The van der Waals surface area contributed by atoms with E-state index in [1.807, 2.05) is 24.3 Å². The topological polar surface area (TPSA) is 47.6 Å². The van der Waals surface area contributed by atoms with E-state index in [4.69, 9.17) is 9.47 Å². The molecule has 19 heavy (non-hydrogen) atoms. The fourth-order valence-electron chi connectivity index (χ4n) is 1.78. The molecule has 1 aromatic rings. The highest BCUT2D eigenvalue weighted by atomic mass is 16.5. The molecule has 1 aliphatic rings. The van der Waals surface area contributed by atoms with Gasteiger partial charge in [0.15, 0.2) is 0 Å². The molecule has 4 nitrogen and oxygen atoms in total. The molecule has 0 atom stereocenters. The van der Waals surface area contributed by atoms with Gasteiger partial charge in [-0.1, -0.05) is 12.1 Å². The minimum Gasteiger partial charge on any atom is -0.497 e. The molecule has 104 valence electrons. The van der Waals surface area contributed by atoms with Gasteiger partial charge in [0.05, 0.1) is 19.6 Å². The molecule has 1 aromatic carbocycles. The molecule has 1 saturated carbocycles. The highest BCUT2D eigenvalue weighted by molar-refractivity contribution is 5.74. The quantitative estimate of drug-likeness (QED) is 0.576. The lowest BCUT2D eigenvalue weighted by Gasteiger charge is -2.06. The molecule has 1 fully saturated rings.